The summed E-state index contributed by atoms with van der Waals surface area (Å²) in [6.07, 6.45) is 3.37. The molecule has 0 fully saturated rings. The van der Waals surface area contributed by atoms with Gasteiger partial charge in [-0.15, -0.1) is 0 Å². The van der Waals surface area contributed by atoms with Crippen molar-refractivity contribution in [2.75, 3.05) is 0 Å². The molecule has 3 nitrogen and oxygen atoms in total. The van der Waals surface area contributed by atoms with Gasteiger partial charge >= 0.3 is 0 Å². The predicted octanol–water partition coefficient (Wildman–Crippen LogP) is 2.28. The maximum atomic E-state index is 10.6. The van der Waals surface area contributed by atoms with Gasteiger partial charge < -0.3 is 10.1 Å². The van der Waals surface area contributed by atoms with E-state index in [1.807, 2.05) is 32.0 Å². The zero-order chi connectivity index (χ0) is 11.8. The molecule has 1 atom stereocenters. The second-order valence-corrected chi connectivity index (χ2v) is 4.28. The third kappa shape index (κ3) is 1.63. The van der Waals surface area contributed by atoms with E-state index in [1.165, 1.54) is 0 Å². The summed E-state index contributed by atoms with van der Waals surface area (Å²) in [6.45, 7) is 5.76. The molecule has 0 radical (unpaired) electrons. The van der Waals surface area contributed by atoms with E-state index in [2.05, 4.69) is 9.97 Å². The van der Waals surface area contributed by atoms with Crippen LogP contribution in [0.25, 0.3) is 0 Å². The molecule has 0 spiro atoms. The molecule has 2 N–H and O–H groups in total. The second-order valence-electron chi connectivity index (χ2n) is 4.28. The van der Waals surface area contributed by atoms with Crippen LogP contribution in [0.2, 0.25) is 0 Å². The van der Waals surface area contributed by atoms with Crippen molar-refractivity contribution < 1.29 is 5.11 Å². The molecule has 84 valence electrons. The average molecular weight is 216 g/mol. The smallest absolute Gasteiger partial charge is 0.145 e. The monoisotopic (exact) mass is 216 g/mol. The number of imidazole rings is 1. The van der Waals surface area contributed by atoms with Crippen molar-refractivity contribution in [3.8, 4) is 0 Å². The topological polar surface area (TPSA) is 48.9 Å². The van der Waals surface area contributed by atoms with Crippen molar-refractivity contribution in [3.63, 3.8) is 0 Å². The number of aliphatic hydroxyl groups is 1. The summed E-state index contributed by atoms with van der Waals surface area (Å²) >= 11 is 0. The van der Waals surface area contributed by atoms with Crippen LogP contribution in [0, 0.1) is 13.8 Å². The zero-order valence-electron chi connectivity index (χ0n) is 9.78. The lowest BCUT2D eigenvalue weighted by molar-refractivity contribution is 0.0918. The zero-order valence-corrected chi connectivity index (χ0v) is 9.78. The molecule has 3 heteroatoms. The maximum absolute atomic E-state index is 10.6. The molecule has 1 aromatic heterocycles. The maximum Gasteiger partial charge on any atom is 0.145 e. The number of hydrogen-bond donors (Lipinski definition) is 2. The quantitative estimate of drug-likeness (QED) is 0.809. The number of aryl methyl sites for hydroxylation is 2. The summed E-state index contributed by atoms with van der Waals surface area (Å²) in [5.41, 5.74) is 1.99. The lowest BCUT2D eigenvalue weighted by Crippen LogP contribution is -2.26. The summed E-state index contributed by atoms with van der Waals surface area (Å²) in [6, 6.07) is 5.99. The van der Waals surface area contributed by atoms with E-state index >= 15 is 0 Å². The molecule has 0 bridgehead atoms. The molecule has 2 aromatic rings. The molecule has 0 saturated carbocycles. The Morgan fingerprint density at radius 3 is 2.38 bits per heavy atom. The van der Waals surface area contributed by atoms with Crippen LogP contribution in [0.5, 0.6) is 0 Å². The molecule has 1 aromatic carbocycles. The Labute approximate surface area is 95.2 Å². The van der Waals surface area contributed by atoms with Crippen molar-refractivity contribution in [1.29, 1.82) is 0 Å². The predicted molar refractivity (Wildman–Crippen MR) is 63.2 cm³/mol. The fourth-order valence-corrected chi connectivity index (χ4v) is 2.23. The standard InChI is InChI=1S/C13H16N2O/c1-9-5-4-6-10(2)11(9)13(3,16)12-14-7-8-15-12/h4-8,16H,1-3H3,(H,14,15)/t13-/m0/s1. The number of aromatic nitrogens is 2. The molecule has 2 rings (SSSR count). The Bertz CT molecular complexity index is 466. The van der Waals surface area contributed by atoms with Gasteiger partial charge in [0, 0.05) is 12.4 Å². The van der Waals surface area contributed by atoms with Gasteiger partial charge in [0.05, 0.1) is 0 Å². The van der Waals surface area contributed by atoms with E-state index in [4.69, 9.17) is 0 Å². The Hall–Kier alpha value is -1.61. The minimum Gasteiger partial charge on any atom is -0.377 e. The fraction of sp³-hybridized carbons (Fsp3) is 0.308. The van der Waals surface area contributed by atoms with Gasteiger partial charge in [-0.3, -0.25) is 0 Å². The first-order valence-electron chi connectivity index (χ1n) is 5.32. The summed E-state index contributed by atoms with van der Waals surface area (Å²) in [7, 11) is 0. The van der Waals surface area contributed by atoms with Crippen LogP contribution in [0.15, 0.2) is 30.6 Å². The molecule has 0 aliphatic rings. The molecule has 0 aliphatic carbocycles. The number of aromatic amines is 1. The third-order valence-corrected chi connectivity index (χ3v) is 2.93. The van der Waals surface area contributed by atoms with E-state index in [0.29, 0.717) is 5.82 Å². The molecule has 16 heavy (non-hydrogen) atoms. The molecule has 0 aliphatic heterocycles. The van der Waals surface area contributed by atoms with Crippen molar-refractivity contribution in [2.45, 2.75) is 26.4 Å². The number of nitrogens with zero attached hydrogens (tertiary/aromatic N) is 1. The molecular formula is C13H16N2O. The van der Waals surface area contributed by atoms with E-state index < -0.39 is 5.60 Å². The highest BCUT2D eigenvalue weighted by molar-refractivity contribution is 5.41. The van der Waals surface area contributed by atoms with Gasteiger partial charge in [-0.1, -0.05) is 18.2 Å². The highest BCUT2D eigenvalue weighted by Crippen LogP contribution is 2.31. The Kier molecular flexibility index (Phi) is 2.56. The highest BCUT2D eigenvalue weighted by atomic mass is 16.3. The number of benzene rings is 1. The summed E-state index contributed by atoms with van der Waals surface area (Å²) in [5, 5.41) is 10.6. The van der Waals surface area contributed by atoms with Crippen molar-refractivity contribution in [3.05, 3.63) is 53.1 Å². The lowest BCUT2D eigenvalue weighted by Gasteiger charge is -2.25. The van der Waals surface area contributed by atoms with Crippen LogP contribution in [-0.2, 0) is 5.60 Å². The highest BCUT2D eigenvalue weighted by Gasteiger charge is 2.31. The van der Waals surface area contributed by atoms with E-state index in [1.54, 1.807) is 19.3 Å². The molecule has 0 unspecified atom stereocenters. The van der Waals surface area contributed by atoms with Crippen LogP contribution in [0.4, 0.5) is 0 Å². The largest absolute Gasteiger partial charge is 0.377 e. The van der Waals surface area contributed by atoms with Gasteiger partial charge in [0.15, 0.2) is 0 Å². The van der Waals surface area contributed by atoms with Crippen LogP contribution in [0.3, 0.4) is 0 Å². The van der Waals surface area contributed by atoms with Gasteiger partial charge in [0.1, 0.15) is 11.4 Å². The first kappa shape index (κ1) is 10.9. The summed E-state index contributed by atoms with van der Waals surface area (Å²) in [4.78, 5) is 7.11. The Morgan fingerprint density at radius 2 is 1.88 bits per heavy atom. The number of rotatable bonds is 2. The fourth-order valence-electron chi connectivity index (χ4n) is 2.23. The average Bonchev–Trinajstić information content (AvgIpc) is 2.69. The van der Waals surface area contributed by atoms with Gasteiger partial charge in [0.25, 0.3) is 0 Å². The number of hydrogen-bond acceptors (Lipinski definition) is 2. The molecule has 0 saturated heterocycles. The van der Waals surface area contributed by atoms with Gasteiger partial charge in [-0.2, -0.15) is 0 Å². The van der Waals surface area contributed by atoms with Gasteiger partial charge in [-0.25, -0.2) is 4.98 Å². The second kappa shape index (κ2) is 3.76. The van der Waals surface area contributed by atoms with Crippen molar-refractivity contribution in [1.82, 2.24) is 9.97 Å². The van der Waals surface area contributed by atoms with Crippen LogP contribution in [0.1, 0.15) is 29.4 Å². The normalized spacial score (nSPS) is 14.8. The van der Waals surface area contributed by atoms with Crippen molar-refractivity contribution in [2.24, 2.45) is 0 Å². The van der Waals surface area contributed by atoms with Crippen LogP contribution < -0.4 is 0 Å². The SMILES string of the molecule is Cc1cccc(C)c1[C@](C)(O)c1ncc[nH]1. The Balaban J connectivity index is 2.60. The first-order chi connectivity index (χ1) is 7.53. The van der Waals surface area contributed by atoms with Crippen LogP contribution in [-0.4, -0.2) is 15.1 Å². The number of nitrogens with one attached hydrogen (secondary N) is 1. The minimum atomic E-state index is -1.07. The van der Waals surface area contributed by atoms with E-state index in [0.717, 1.165) is 16.7 Å². The third-order valence-electron chi connectivity index (χ3n) is 2.93. The molecular weight excluding hydrogens is 200 g/mol. The first-order valence-corrected chi connectivity index (χ1v) is 5.32. The summed E-state index contributed by atoms with van der Waals surface area (Å²) in [5.74, 6) is 0.574. The van der Waals surface area contributed by atoms with E-state index in [9.17, 15) is 5.11 Å². The van der Waals surface area contributed by atoms with E-state index in [-0.39, 0.29) is 0 Å². The number of H-pyrrole nitrogens is 1. The molecule has 0 amide bonds. The Morgan fingerprint density at radius 1 is 1.25 bits per heavy atom. The van der Waals surface area contributed by atoms with Crippen molar-refractivity contribution >= 4 is 0 Å². The molecule has 1 heterocycles. The van der Waals surface area contributed by atoms with Gasteiger partial charge in [0.2, 0.25) is 0 Å². The van der Waals surface area contributed by atoms with Crippen LogP contribution >= 0.6 is 0 Å². The minimum absolute atomic E-state index is 0.574. The van der Waals surface area contributed by atoms with Gasteiger partial charge in [-0.05, 0) is 37.5 Å². The summed E-state index contributed by atoms with van der Waals surface area (Å²) < 4.78 is 0. The lowest BCUT2D eigenvalue weighted by atomic mass is 9.87.